The number of carbonyl (C=O) groups is 2. The van der Waals surface area contributed by atoms with Crippen LogP contribution >= 0.6 is 11.6 Å². The van der Waals surface area contributed by atoms with Gasteiger partial charge in [-0.1, -0.05) is 11.6 Å². The Morgan fingerprint density at radius 2 is 1.76 bits per heavy atom. The number of likely N-dealkylation sites (N-methyl/N-ethyl adjacent to an activating group) is 1. The fraction of sp³-hybridized carbons (Fsp3) is 0.389. The molecule has 0 aliphatic heterocycles. The molecule has 0 aliphatic carbocycles. The average molecular weight is 364 g/mol. The van der Waals surface area contributed by atoms with Crippen LogP contribution in [-0.4, -0.2) is 46.3 Å². The number of aromatic nitrogens is 2. The van der Waals surface area contributed by atoms with Crippen molar-refractivity contribution in [3.8, 4) is 5.69 Å². The van der Waals surface area contributed by atoms with E-state index in [1.165, 1.54) is 0 Å². The van der Waals surface area contributed by atoms with Crippen LogP contribution in [0.2, 0.25) is 5.02 Å². The summed E-state index contributed by atoms with van der Waals surface area (Å²) in [6.07, 6.45) is 0. The third-order valence-electron chi connectivity index (χ3n) is 3.99. The maximum Gasteiger partial charge on any atom is 0.338 e. The predicted molar refractivity (Wildman–Crippen MR) is 96.3 cm³/mol. The molecule has 2 aromatic rings. The Bertz CT molecular complexity index is 765. The van der Waals surface area contributed by atoms with Crippen LogP contribution in [0.25, 0.3) is 5.69 Å². The van der Waals surface area contributed by atoms with Gasteiger partial charge in [0, 0.05) is 13.1 Å². The topological polar surface area (TPSA) is 64.4 Å². The summed E-state index contributed by atoms with van der Waals surface area (Å²) in [4.78, 5) is 25.6. The van der Waals surface area contributed by atoms with Crippen molar-refractivity contribution >= 4 is 23.5 Å². The van der Waals surface area contributed by atoms with Gasteiger partial charge in [-0.05, 0) is 52.0 Å². The second kappa shape index (κ2) is 8.16. The van der Waals surface area contributed by atoms with Crippen LogP contribution in [0.15, 0.2) is 24.3 Å². The van der Waals surface area contributed by atoms with Gasteiger partial charge in [0.25, 0.3) is 5.91 Å². The number of aryl methyl sites for hydroxylation is 1. The van der Waals surface area contributed by atoms with E-state index in [9.17, 15) is 9.59 Å². The monoisotopic (exact) mass is 363 g/mol. The Morgan fingerprint density at radius 1 is 1.16 bits per heavy atom. The average Bonchev–Trinajstić information content (AvgIpc) is 2.88. The predicted octanol–water partition coefficient (Wildman–Crippen LogP) is 3.17. The lowest BCUT2D eigenvalue weighted by Crippen LogP contribution is -2.34. The van der Waals surface area contributed by atoms with E-state index in [-0.39, 0.29) is 12.5 Å². The van der Waals surface area contributed by atoms with Gasteiger partial charge in [0.15, 0.2) is 6.61 Å². The summed E-state index contributed by atoms with van der Waals surface area (Å²) in [7, 11) is 0. The Hall–Kier alpha value is -2.34. The number of hydrogen-bond acceptors (Lipinski definition) is 4. The molecule has 0 radical (unpaired) electrons. The minimum Gasteiger partial charge on any atom is -0.452 e. The first kappa shape index (κ1) is 19.0. The molecule has 25 heavy (non-hydrogen) atoms. The summed E-state index contributed by atoms with van der Waals surface area (Å²) in [6, 6.07) is 6.81. The number of hydrogen-bond donors (Lipinski definition) is 0. The number of nitrogens with zero attached hydrogens (tertiary/aromatic N) is 3. The Morgan fingerprint density at radius 3 is 2.24 bits per heavy atom. The lowest BCUT2D eigenvalue weighted by atomic mass is 10.2. The van der Waals surface area contributed by atoms with Gasteiger partial charge in [-0.2, -0.15) is 5.10 Å². The molecule has 134 valence electrons. The van der Waals surface area contributed by atoms with E-state index >= 15 is 0 Å². The zero-order valence-corrected chi connectivity index (χ0v) is 15.6. The molecule has 0 fully saturated rings. The van der Waals surface area contributed by atoms with Crippen LogP contribution in [0.1, 0.15) is 35.6 Å². The number of benzene rings is 1. The van der Waals surface area contributed by atoms with Crippen molar-refractivity contribution in [2.75, 3.05) is 19.7 Å². The molecule has 1 amide bonds. The largest absolute Gasteiger partial charge is 0.452 e. The molecule has 0 atom stereocenters. The molecule has 2 rings (SSSR count). The van der Waals surface area contributed by atoms with Crippen molar-refractivity contribution in [3.05, 3.63) is 46.2 Å². The number of esters is 1. The van der Waals surface area contributed by atoms with Crippen molar-refractivity contribution in [2.45, 2.75) is 27.7 Å². The lowest BCUT2D eigenvalue weighted by Gasteiger charge is -2.18. The van der Waals surface area contributed by atoms with E-state index in [0.717, 1.165) is 17.1 Å². The molecule has 0 saturated carbocycles. The van der Waals surface area contributed by atoms with Crippen molar-refractivity contribution in [1.29, 1.82) is 0 Å². The molecule has 0 saturated heterocycles. The number of rotatable bonds is 6. The van der Waals surface area contributed by atoms with E-state index in [1.807, 2.05) is 27.7 Å². The van der Waals surface area contributed by atoms with E-state index < -0.39 is 5.97 Å². The highest BCUT2D eigenvalue weighted by Crippen LogP contribution is 2.22. The first-order valence-electron chi connectivity index (χ1n) is 8.16. The van der Waals surface area contributed by atoms with Crippen molar-refractivity contribution < 1.29 is 14.3 Å². The molecule has 0 aliphatic rings. The third-order valence-corrected chi connectivity index (χ3v) is 4.54. The fourth-order valence-electron chi connectivity index (χ4n) is 2.49. The van der Waals surface area contributed by atoms with Crippen LogP contribution in [0, 0.1) is 13.8 Å². The van der Waals surface area contributed by atoms with Crippen LogP contribution in [0.3, 0.4) is 0 Å². The second-order valence-electron chi connectivity index (χ2n) is 5.59. The molecule has 0 spiro atoms. The van der Waals surface area contributed by atoms with Gasteiger partial charge in [0.2, 0.25) is 0 Å². The summed E-state index contributed by atoms with van der Waals surface area (Å²) >= 11 is 6.16. The summed E-state index contributed by atoms with van der Waals surface area (Å²) in [5.41, 5.74) is 2.75. The Balaban J connectivity index is 2.05. The number of ether oxygens (including phenoxy) is 1. The van der Waals surface area contributed by atoms with Crippen molar-refractivity contribution in [2.24, 2.45) is 0 Å². The van der Waals surface area contributed by atoms with E-state index in [0.29, 0.717) is 23.7 Å². The summed E-state index contributed by atoms with van der Waals surface area (Å²) in [5, 5.41) is 4.99. The SMILES string of the molecule is CCN(CC)C(=O)COC(=O)c1ccc(-n2nc(C)c(Cl)c2C)cc1. The molecule has 0 unspecified atom stereocenters. The van der Waals surface area contributed by atoms with Crippen LogP contribution in [0.5, 0.6) is 0 Å². The van der Waals surface area contributed by atoms with Gasteiger partial charge < -0.3 is 9.64 Å². The highest BCUT2D eigenvalue weighted by molar-refractivity contribution is 6.31. The van der Waals surface area contributed by atoms with E-state index in [4.69, 9.17) is 16.3 Å². The fourth-order valence-corrected chi connectivity index (χ4v) is 2.61. The first-order valence-corrected chi connectivity index (χ1v) is 8.53. The van der Waals surface area contributed by atoms with Gasteiger partial charge in [0.1, 0.15) is 0 Å². The van der Waals surface area contributed by atoms with Crippen LogP contribution < -0.4 is 0 Å². The summed E-state index contributed by atoms with van der Waals surface area (Å²) in [6.45, 7) is 8.41. The maximum absolute atomic E-state index is 12.1. The maximum atomic E-state index is 12.1. The molecule has 7 heteroatoms. The molecule has 1 aromatic carbocycles. The van der Waals surface area contributed by atoms with Gasteiger partial charge in [-0.3, -0.25) is 4.79 Å². The lowest BCUT2D eigenvalue weighted by molar-refractivity contribution is -0.134. The standard InChI is InChI=1S/C18H22ClN3O3/c1-5-21(6-2)16(23)11-25-18(24)14-7-9-15(10-8-14)22-13(4)17(19)12(3)20-22/h7-10H,5-6,11H2,1-4H3. The highest BCUT2D eigenvalue weighted by Gasteiger charge is 2.15. The molecular weight excluding hydrogens is 342 g/mol. The number of amides is 1. The van der Waals surface area contributed by atoms with E-state index in [1.54, 1.807) is 33.8 Å². The summed E-state index contributed by atoms with van der Waals surface area (Å²) < 4.78 is 6.81. The minimum absolute atomic E-state index is 0.202. The summed E-state index contributed by atoms with van der Waals surface area (Å²) in [5.74, 6) is -0.731. The van der Waals surface area contributed by atoms with Crippen LogP contribution in [0.4, 0.5) is 0 Å². The zero-order chi connectivity index (χ0) is 18.6. The Kier molecular flexibility index (Phi) is 6.20. The van der Waals surface area contributed by atoms with Crippen LogP contribution in [-0.2, 0) is 9.53 Å². The van der Waals surface area contributed by atoms with Crippen molar-refractivity contribution in [1.82, 2.24) is 14.7 Å². The van der Waals surface area contributed by atoms with Gasteiger partial charge in [-0.25, -0.2) is 9.48 Å². The quantitative estimate of drug-likeness (QED) is 0.739. The molecule has 1 heterocycles. The molecule has 0 N–H and O–H groups in total. The highest BCUT2D eigenvalue weighted by atomic mass is 35.5. The molecular formula is C18H22ClN3O3. The zero-order valence-electron chi connectivity index (χ0n) is 14.9. The van der Waals surface area contributed by atoms with E-state index in [2.05, 4.69) is 5.10 Å². The van der Waals surface area contributed by atoms with Crippen molar-refractivity contribution in [3.63, 3.8) is 0 Å². The molecule has 0 bridgehead atoms. The van der Waals surface area contributed by atoms with Gasteiger partial charge >= 0.3 is 5.97 Å². The van der Waals surface area contributed by atoms with Gasteiger partial charge in [-0.15, -0.1) is 0 Å². The normalized spacial score (nSPS) is 10.6. The minimum atomic E-state index is -0.529. The number of halogens is 1. The molecule has 6 nitrogen and oxygen atoms in total. The number of carbonyl (C=O) groups excluding carboxylic acids is 2. The first-order chi connectivity index (χ1) is 11.9. The Labute approximate surface area is 152 Å². The molecule has 1 aromatic heterocycles. The smallest absolute Gasteiger partial charge is 0.338 e. The van der Waals surface area contributed by atoms with Gasteiger partial charge in [0.05, 0.1) is 27.7 Å². The second-order valence-corrected chi connectivity index (χ2v) is 5.96. The third kappa shape index (κ3) is 4.20.